The van der Waals surface area contributed by atoms with Gasteiger partial charge in [-0.15, -0.1) is 11.3 Å². The van der Waals surface area contributed by atoms with Crippen LogP contribution >= 0.6 is 11.3 Å². The van der Waals surface area contributed by atoms with E-state index < -0.39 is 42.4 Å². The van der Waals surface area contributed by atoms with Crippen molar-refractivity contribution in [1.29, 1.82) is 0 Å². The van der Waals surface area contributed by atoms with Crippen LogP contribution in [0, 0.1) is 13.8 Å². The standard InChI is InChI=1S/C37H31N5O6S4/c1-25-11-17-29(18-12-25)51(45,46)41-33-9-5-3-7-31(33)36-40(27-15-21-28(22-16-27)50(43,44)39-37-38-23-24-49-37)35(41)32-8-4-6-10-34(32)42(36)52(47,48)30-19-13-26(2)14-20-30/h3-24,35-36H,1-2H3,(H,38,39)/t35-,36-/m0/s1. The number of rotatable bonds is 8. The molecule has 0 fully saturated rings. The minimum atomic E-state index is -4.28. The maximum atomic E-state index is 14.9. The number of fused-ring (bicyclic) bond motifs is 6. The molecule has 1 N–H and O–H groups in total. The fraction of sp³-hybridized carbons (Fsp3) is 0.108. The van der Waals surface area contributed by atoms with Gasteiger partial charge >= 0.3 is 0 Å². The lowest BCUT2D eigenvalue weighted by molar-refractivity contribution is 0.482. The summed E-state index contributed by atoms with van der Waals surface area (Å²) in [6, 6.07) is 32.8. The zero-order valence-electron chi connectivity index (χ0n) is 27.7. The summed E-state index contributed by atoms with van der Waals surface area (Å²) in [5, 5.41) is 1.86. The van der Waals surface area contributed by atoms with E-state index in [-0.39, 0.29) is 19.8 Å². The van der Waals surface area contributed by atoms with Crippen LogP contribution in [0.25, 0.3) is 0 Å². The van der Waals surface area contributed by atoms with Crippen molar-refractivity contribution in [2.24, 2.45) is 0 Å². The Hall–Kier alpha value is -5.22. The van der Waals surface area contributed by atoms with Crippen molar-refractivity contribution in [3.63, 3.8) is 0 Å². The molecule has 2 aliphatic rings. The van der Waals surface area contributed by atoms with Crippen LogP contribution in [0.1, 0.15) is 34.6 Å². The van der Waals surface area contributed by atoms with Crippen LogP contribution < -0.4 is 18.2 Å². The molecule has 5 aromatic carbocycles. The summed E-state index contributed by atoms with van der Waals surface area (Å²) in [6.45, 7) is 3.74. The van der Waals surface area contributed by atoms with Gasteiger partial charge in [0.1, 0.15) is 12.3 Å². The summed E-state index contributed by atoms with van der Waals surface area (Å²) in [7, 11) is -12.6. The van der Waals surface area contributed by atoms with Crippen molar-refractivity contribution in [3.05, 3.63) is 155 Å². The molecule has 264 valence electrons. The van der Waals surface area contributed by atoms with E-state index >= 15 is 0 Å². The van der Waals surface area contributed by atoms with Gasteiger partial charge in [-0.25, -0.2) is 38.8 Å². The molecule has 11 nitrogen and oxygen atoms in total. The highest BCUT2D eigenvalue weighted by Crippen LogP contribution is 2.57. The van der Waals surface area contributed by atoms with E-state index in [1.807, 2.05) is 13.8 Å². The second kappa shape index (κ2) is 12.5. The fourth-order valence-corrected chi connectivity index (χ4v) is 11.7. The minimum absolute atomic E-state index is 0.0531. The van der Waals surface area contributed by atoms with Gasteiger partial charge in [-0.1, -0.05) is 71.8 Å². The quantitative estimate of drug-likeness (QED) is 0.172. The Balaban J connectivity index is 1.38. The molecule has 1 aromatic heterocycles. The third-order valence-corrected chi connectivity index (χ3v) is 14.9. The van der Waals surface area contributed by atoms with Crippen molar-refractivity contribution < 1.29 is 25.3 Å². The Morgan fingerprint density at radius 1 is 0.577 bits per heavy atom. The molecule has 3 heterocycles. The van der Waals surface area contributed by atoms with E-state index in [1.54, 1.807) is 119 Å². The number of nitrogens with one attached hydrogen (secondary N) is 1. The Bertz CT molecular complexity index is 2500. The van der Waals surface area contributed by atoms with Gasteiger partial charge in [-0.2, -0.15) is 0 Å². The Morgan fingerprint density at radius 3 is 1.46 bits per heavy atom. The number of aromatic nitrogens is 1. The highest BCUT2D eigenvalue weighted by Gasteiger charge is 2.54. The number of hydrogen-bond donors (Lipinski definition) is 1. The summed E-state index contributed by atoms with van der Waals surface area (Å²) in [5.74, 6) is 0. The van der Waals surface area contributed by atoms with Crippen LogP contribution in [0.4, 0.5) is 22.2 Å². The van der Waals surface area contributed by atoms with Gasteiger partial charge in [-0.3, -0.25) is 4.72 Å². The number of anilines is 4. The summed E-state index contributed by atoms with van der Waals surface area (Å²) < 4.78 is 91.3. The number of sulfonamides is 3. The van der Waals surface area contributed by atoms with E-state index in [4.69, 9.17) is 0 Å². The molecular weight excluding hydrogens is 739 g/mol. The van der Waals surface area contributed by atoms with Gasteiger partial charge in [0.05, 0.1) is 26.1 Å². The van der Waals surface area contributed by atoms with Crippen molar-refractivity contribution in [3.8, 4) is 0 Å². The van der Waals surface area contributed by atoms with Gasteiger partial charge in [0.2, 0.25) is 0 Å². The normalized spacial score (nSPS) is 17.0. The molecule has 0 saturated carbocycles. The number of benzene rings is 5. The molecule has 0 saturated heterocycles. The van der Waals surface area contributed by atoms with Gasteiger partial charge in [0.15, 0.2) is 5.13 Å². The average molecular weight is 770 g/mol. The van der Waals surface area contributed by atoms with Crippen LogP contribution in [0.15, 0.2) is 148 Å². The van der Waals surface area contributed by atoms with Crippen LogP contribution in [0.2, 0.25) is 0 Å². The number of nitrogens with zero attached hydrogens (tertiary/aromatic N) is 4. The smallest absolute Gasteiger partial charge is 0.266 e. The summed E-state index contributed by atoms with van der Waals surface area (Å²) >= 11 is 1.14. The molecule has 2 atom stereocenters. The van der Waals surface area contributed by atoms with Crippen LogP contribution in [0.3, 0.4) is 0 Å². The average Bonchev–Trinajstić information content (AvgIpc) is 3.64. The highest BCUT2D eigenvalue weighted by atomic mass is 32.2. The minimum Gasteiger partial charge on any atom is -0.320 e. The number of thiazole rings is 1. The maximum absolute atomic E-state index is 14.9. The fourth-order valence-electron chi connectivity index (χ4n) is 6.69. The lowest BCUT2D eigenvalue weighted by atomic mass is 9.95. The monoisotopic (exact) mass is 769 g/mol. The second-order valence-electron chi connectivity index (χ2n) is 12.4. The van der Waals surface area contributed by atoms with E-state index in [1.165, 1.54) is 26.9 Å². The summed E-state index contributed by atoms with van der Waals surface area (Å²) in [4.78, 5) is 5.82. The number of para-hydroxylation sites is 2. The first-order valence-electron chi connectivity index (χ1n) is 16.1. The van der Waals surface area contributed by atoms with Gasteiger partial charge in [-0.05, 0) is 74.5 Å². The molecule has 0 aliphatic carbocycles. The zero-order chi connectivity index (χ0) is 36.4. The zero-order valence-corrected chi connectivity index (χ0v) is 31.0. The number of hydrogen-bond acceptors (Lipinski definition) is 9. The predicted molar refractivity (Wildman–Crippen MR) is 202 cm³/mol. The van der Waals surface area contributed by atoms with E-state index in [0.29, 0.717) is 28.2 Å². The Morgan fingerprint density at radius 2 is 1.02 bits per heavy atom. The molecule has 15 heteroatoms. The van der Waals surface area contributed by atoms with Gasteiger partial charge in [0, 0.05) is 28.4 Å². The van der Waals surface area contributed by atoms with Gasteiger partial charge < -0.3 is 4.90 Å². The lowest BCUT2D eigenvalue weighted by Crippen LogP contribution is -2.59. The second-order valence-corrected chi connectivity index (χ2v) is 18.6. The molecule has 0 radical (unpaired) electrons. The molecule has 52 heavy (non-hydrogen) atoms. The van der Waals surface area contributed by atoms with Crippen molar-refractivity contribution >= 4 is 63.6 Å². The molecular formula is C37H31N5O6S4. The molecule has 0 amide bonds. The third kappa shape index (κ3) is 5.51. The molecule has 8 rings (SSSR count). The third-order valence-electron chi connectivity index (χ3n) is 9.13. The van der Waals surface area contributed by atoms with E-state index in [2.05, 4.69) is 9.71 Å². The first-order chi connectivity index (χ1) is 24.9. The Labute approximate surface area is 306 Å². The summed E-state index contributed by atoms with van der Waals surface area (Å²) in [5.41, 5.74) is 3.64. The lowest BCUT2D eigenvalue weighted by Gasteiger charge is -2.56. The van der Waals surface area contributed by atoms with Gasteiger partial charge in [0.25, 0.3) is 30.1 Å². The molecule has 2 bridgehead atoms. The topological polar surface area (TPSA) is 137 Å². The number of aryl methyl sites for hydroxylation is 2. The molecule has 6 aromatic rings. The van der Waals surface area contributed by atoms with Crippen LogP contribution in [-0.2, 0) is 30.1 Å². The summed E-state index contributed by atoms with van der Waals surface area (Å²) in [6.07, 6.45) is -0.672. The maximum Gasteiger partial charge on any atom is 0.266 e. The van der Waals surface area contributed by atoms with Crippen molar-refractivity contribution in [2.75, 3.05) is 18.2 Å². The van der Waals surface area contributed by atoms with Crippen molar-refractivity contribution in [1.82, 2.24) is 4.98 Å². The van der Waals surface area contributed by atoms with Crippen LogP contribution in [0.5, 0.6) is 0 Å². The van der Waals surface area contributed by atoms with Crippen molar-refractivity contribution in [2.45, 2.75) is 40.9 Å². The molecule has 0 unspecified atom stereocenters. The first-order valence-corrected chi connectivity index (χ1v) is 21.3. The van der Waals surface area contributed by atoms with E-state index in [9.17, 15) is 25.3 Å². The molecule has 2 aliphatic heterocycles. The van der Waals surface area contributed by atoms with E-state index in [0.717, 1.165) is 22.5 Å². The highest BCUT2D eigenvalue weighted by molar-refractivity contribution is 7.93. The first kappa shape index (κ1) is 33.9. The van der Waals surface area contributed by atoms with Crippen LogP contribution in [-0.4, -0.2) is 30.2 Å². The SMILES string of the molecule is Cc1ccc(S(=O)(=O)N2c3ccccc3[C@H]3N(c4ccc(S(=O)(=O)Nc5nccs5)cc4)[C@@H]2c2ccccc2N3S(=O)(=O)c2ccc(C)cc2)cc1. The largest absolute Gasteiger partial charge is 0.320 e. The molecule has 0 spiro atoms. The predicted octanol–water partition coefficient (Wildman–Crippen LogP) is 7.18. The Kier molecular flexibility index (Phi) is 8.13.